The van der Waals surface area contributed by atoms with Crippen LogP contribution in [0, 0.1) is 6.92 Å². The maximum Gasteiger partial charge on any atom is 0.214 e. The van der Waals surface area contributed by atoms with Gasteiger partial charge in [0.2, 0.25) is 5.88 Å². The fourth-order valence-corrected chi connectivity index (χ4v) is 2.55. The summed E-state index contributed by atoms with van der Waals surface area (Å²) in [5.41, 5.74) is 7.32. The third kappa shape index (κ3) is 3.88. The Kier molecular flexibility index (Phi) is 4.71. The zero-order valence-electron chi connectivity index (χ0n) is 11.4. The maximum atomic E-state index is 5.95. The summed E-state index contributed by atoms with van der Waals surface area (Å²) in [5, 5.41) is 0. The molecule has 0 aliphatic heterocycles. The molecule has 1 saturated carbocycles. The van der Waals surface area contributed by atoms with Gasteiger partial charge in [-0.3, -0.25) is 0 Å². The van der Waals surface area contributed by atoms with Gasteiger partial charge >= 0.3 is 0 Å². The van der Waals surface area contributed by atoms with Crippen LogP contribution in [-0.2, 0) is 4.74 Å². The number of thiocarbonyl (C=S) groups is 1. The molecule has 0 spiro atoms. The number of rotatable bonds is 4. The third-order valence-electron chi connectivity index (χ3n) is 3.41. The smallest absolute Gasteiger partial charge is 0.214 e. The average Bonchev–Trinajstić information content (AvgIpc) is 2.38. The normalized spacial score (nSPS) is 23.1. The monoisotopic (exact) mass is 280 g/mol. The first-order valence-corrected chi connectivity index (χ1v) is 6.97. The summed E-state index contributed by atoms with van der Waals surface area (Å²) in [4.78, 5) is 4.75. The van der Waals surface area contributed by atoms with Crippen molar-refractivity contribution in [2.24, 2.45) is 5.73 Å². The van der Waals surface area contributed by atoms with Gasteiger partial charge in [0.15, 0.2) is 0 Å². The van der Waals surface area contributed by atoms with Crippen LogP contribution in [0.5, 0.6) is 5.88 Å². The summed E-state index contributed by atoms with van der Waals surface area (Å²) < 4.78 is 11.4. The van der Waals surface area contributed by atoms with Gasteiger partial charge < -0.3 is 15.2 Å². The second kappa shape index (κ2) is 6.30. The zero-order valence-corrected chi connectivity index (χ0v) is 12.2. The van der Waals surface area contributed by atoms with Crippen LogP contribution in [0.25, 0.3) is 0 Å². The van der Waals surface area contributed by atoms with Crippen LogP contribution in [0.4, 0.5) is 0 Å². The highest BCUT2D eigenvalue weighted by Gasteiger charge is 2.23. The number of hydrogen-bond donors (Lipinski definition) is 1. The summed E-state index contributed by atoms with van der Waals surface area (Å²) >= 11 is 5.00. The van der Waals surface area contributed by atoms with Crippen molar-refractivity contribution in [3.63, 3.8) is 0 Å². The van der Waals surface area contributed by atoms with Crippen LogP contribution in [0.1, 0.15) is 36.9 Å². The molecular formula is C14H20N2O2S. The van der Waals surface area contributed by atoms with Crippen LogP contribution in [-0.4, -0.2) is 29.3 Å². The van der Waals surface area contributed by atoms with Gasteiger partial charge in [-0.05, 0) is 32.3 Å². The highest BCUT2D eigenvalue weighted by molar-refractivity contribution is 7.80. The molecule has 0 amide bonds. The minimum atomic E-state index is 0.159. The topological polar surface area (TPSA) is 57.4 Å². The highest BCUT2D eigenvalue weighted by Crippen LogP contribution is 2.25. The van der Waals surface area contributed by atoms with E-state index in [9.17, 15) is 0 Å². The Balaban J connectivity index is 2.08. The molecule has 1 aromatic heterocycles. The third-order valence-corrected chi connectivity index (χ3v) is 3.65. The van der Waals surface area contributed by atoms with Crippen LogP contribution in [0.2, 0.25) is 0 Å². The number of nitrogens with two attached hydrogens (primary N) is 1. The fraction of sp³-hybridized carbons (Fsp3) is 0.571. The number of nitrogens with zero attached hydrogens (tertiary/aromatic N) is 1. The minimum Gasteiger partial charge on any atom is -0.474 e. The lowest BCUT2D eigenvalue weighted by Crippen LogP contribution is -2.29. The molecule has 0 bridgehead atoms. The first kappa shape index (κ1) is 14.2. The van der Waals surface area contributed by atoms with Crippen molar-refractivity contribution in [1.29, 1.82) is 0 Å². The largest absolute Gasteiger partial charge is 0.474 e. The van der Waals surface area contributed by atoms with E-state index in [0.29, 0.717) is 17.0 Å². The van der Waals surface area contributed by atoms with E-state index in [-0.39, 0.29) is 6.10 Å². The van der Waals surface area contributed by atoms with Crippen molar-refractivity contribution >= 4 is 17.2 Å². The molecule has 1 heterocycles. The van der Waals surface area contributed by atoms with E-state index in [1.54, 1.807) is 7.11 Å². The Hall–Kier alpha value is -1.20. The Morgan fingerprint density at radius 3 is 2.79 bits per heavy atom. The molecule has 19 heavy (non-hydrogen) atoms. The van der Waals surface area contributed by atoms with E-state index in [2.05, 4.69) is 4.98 Å². The summed E-state index contributed by atoms with van der Waals surface area (Å²) in [6, 6.07) is 3.68. The van der Waals surface area contributed by atoms with Crippen molar-refractivity contribution in [1.82, 2.24) is 4.98 Å². The molecular weight excluding hydrogens is 260 g/mol. The van der Waals surface area contributed by atoms with Gasteiger partial charge in [0.25, 0.3) is 0 Å². The summed E-state index contributed by atoms with van der Waals surface area (Å²) in [7, 11) is 1.75. The van der Waals surface area contributed by atoms with Gasteiger partial charge in [-0.1, -0.05) is 12.2 Å². The number of methoxy groups -OCH3 is 1. The number of aryl methyl sites for hydroxylation is 1. The predicted molar refractivity (Wildman–Crippen MR) is 78.5 cm³/mol. The SMILES string of the molecule is COC1CCCC(Oc2cc(C(N)=S)cc(C)n2)C1. The summed E-state index contributed by atoms with van der Waals surface area (Å²) in [6.07, 6.45) is 4.63. The number of aromatic nitrogens is 1. The van der Waals surface area contributed by atoms with E-state index in [1.165, 1.54) is 0 Å². The number of hydrogen-bond acceptors (Lipinski definition) is 4. The lowest BCUT2D eigenvalue weighted by atomic mass is 9.95. The van der Waals surface area contributed by atoms with E-state index in [4.69, 9.17) is 27.4 Å². The first-order valence-electron chi connectivity index (χ1n) is 6.56. The van der Waals surface area contributed by atoms with Crippen LogP contribution in [0.3, 0.4) is 0 Å². The Morgan fingerprint density at radius 2 is 2.11 bits per heavy atom. The van der Waals surface area contributed by atoms with Gasteiger partial charge in [0.05, 0.1) is 6.10 Å². The molecule has 4 nitrogen and oxygen atoms in total. The van der Waals surface area contributed by atoms with Crippen molar-refractivity contribution in [3.8, 4) is 5.88 Å². The quantitative estimate of drug-likeness (QED) is 0.858. The van der Waals surface area contributed by atoms with E-state index < -0.39 is 0 Å². The molecule has 1 aliphatic carbocycles. The van der Waals surface area contributed by atoms with E-state index in [0.717, 1.165) is 36.9 Å². The van der Waals surface area contributed by atoms with Crippen molar-refractivity contribution in [3.05, 3.63) is 23.4 Å². The molecule has 1 fully saturated rings. The molecule has 1 aromatic rings. The number of pyridine rings is 1. The molecule has 2 atom stereocenters. The molecule has 1 aliphatic rings. The summed E-state index contributed by atoms with van der Waals surface area (Å²) in [6.45, 7) is 1.91. The minimum absolute atomic E-state index is 0.159. The van der Waals surface area contributed by atoms with E-state index in [1.807, 2.05) is 19.1 Å². The van der Waals surface area contributed by atoms with Gasteiger partial charge in [-0.2, -0.15) is 0 Å². The van der Waals surface area contributed by atoms with Gasteiger partial charge in [-0.25, -0.2) is 4.98 Å². The summed E-state index contributed by atoms with van der Waals surface area (Å²) in [5.74, 6) is 0.601. The van der Waals surface area contributed by atoms with Gasteiger partial charge in [0.1, 0.15) is 11.1 Å². The predicted octanol–water partition coefficient (Wildman–Crippen LogP) is 2.36. The standard InChI is InChI=1S/C14H20N2O2S/c1-9-6-10(14(15)19)7-13(16-9)18-12-5-3-4-11(8-12)17-2/h6-7,11-12H,3-5,8H2,1-2H3,(H2,15,19). The molecule has 2 N–H and O–H groups in total. The first-order chi connectivity index (χ1) is 9.08. The molecule has 2 rings (SSSR count). The van der Waals surface area contributed by atoms with Gasteiger partial charge in [-0.15, -0.1) is 0 Å². The molecule has 0 aromatic carbocycles. The van der Waals surface area contributed by atoms with E-state index >= 15 is 0 Å². The van der Waals surface area contributed by atoms with Gasteiger partial charge in [0, 0.05) is 30.9 Å². The fourth-order valence-electron chi connectivity index (χ4n) is 2.43. The lowest BCUT2D eigenvalue weighted by molar-refractivity contribution is 0.0195. The molecule has 104 valence electrons. The Labute approximate surface area is 119 Å². The molecule has 0 radical (unpaired) electrons. The zero-order chi connectivity index (χ0) is 13.8. The Morgan fingerprint density at radius 1 is 1.37 bits per heavy atom. The molecule has 0 saturated heterocycles. The molecule has 5 heteroatoms. The maximum absolute atomic E-state index is 5.95. The second-order valence-electron chi connectivity index (χ2n) is 4.96. The van der Waals surface area contributed by atoms with Crippen molar-refractivity contribution < 1.29 is 9.47 Å². The second-order valence-corrected chi connectivity index (χ2v) is 5.40. The molecule has 2 unspecified atom stereocenters. The van der Waals surface area contributed by atoms with Crippen LogP contribution in [0.15, 0.2) is 12.1 Å². The highest BCUT2D eigenvalue weighted by atomic mass is 32.1. The number of ether oxygens (including phenoxy) is 2. The lowest BCUT2D eigenvalue weighted by Gasteiger charge is -2.28. The Bertz CT molecular complexity index is 465. The van der Waals surface area contributed by atoms with Crippen LogP contribution >= 0.6 is 12.2 Å². The van der Waals surface area contributed by atoms with Crippen molar-refractivity contribution in [2.75, 3.05) is 7.11 Å². The van der Waals surface area contributed by atoms with Crippen molar-refractivity contribution in [2.45, 2.75) is 44.8 Å². The van der Waals surface area contributed by atoms with Crippen LogP contribution < -0.4 is 10.5 Å². The average molecular weight is 280 g/mol.